The van der Waals surface area contributed by atoms with Gasteiger partial charge in [-0.2, -0.15) is 0 Å². The Balaban J connectivity index is 2.37. The van der Waals surface area contributed by atoms with Crippen molar-refractivity contribution in [1.82, 2.24) is 10.6 Å². The summed E-state index contributed by atoms with van der Waals surface area (Å²) in [7, 11) is 0. The lowest BCUT2D eigenvalue weighted by Crippen LogP contribution is -2.29. The molecule has 0 saturated carbocycles. The van der Waals surface area contributed by atoms with Crippen LogP contribution in [0.15, 0.2) is 48.5 Å². The molecule has 2 amide bonds. The molecular weight excluding hydrogens is 387 g/mol. The van der Waals surface area contributed by atoms with Crippen LogP contribution in [0.2, 0.25) is 5.02 Å². The van der Waals surface area contributed by atoms with E-state index in [0.717, 1.165) is 0 Å². The summed E-state index contributed by atoms with van der Waals surface area (Å²) in [6.45, 7) is 1.39. The van der Waals surface area contributed by atoms with E-state index in [1.807, 2.05) is 0 Å². The molecule has 0 saturated heterocycles. The maximum atomic E-state index is 11.8. The van der Waals surface area contributed by atoms with E-state index in [4.69, 9.17) is 23.2 Å². The number of carbonyl (C=O) groups excluding carboxylic acids is 2. The van der Waals surface area contributed by atoms with Gasteiger partial charge in [0.2, 0.25) is 11.8 Å². The molecule has 2 rings (SSSR count). The molecule has 140 valence electrons. The van der Waals surface area contributed by atoms with E-state index in [1.165, 1.54) is 19.1 Å². The Kier molecular flexibility index (Phi) is 7.54. The molecule has 0 spiro atoms. The lowest BCUT2D eigenvalue weighted by molar-refractivity contribution is -0.120. The number of alkyl halides is 1. The number of halogens is 2. The van der Waals surface area contributed by atoms with Crippen molar-refractivity contribution in [3.05, 3.63) is 64.7 Å². The fraction of sp³-hybridized carbons (Fsp3) is 0.200. The van der Waals surface area contributed by atoms with Gasteiger partial charge in [-0.3, -0.25) is 9.59 Å². The van der Waals surface area contributed by atoms with Crippen LogP contribution >= 0.6 is 23.2 Å². The summed E-state index contributed by atoms with van der Waals surface area (Å²) >= 11 is 11.6. The number of nitrogens with one attached hydrogen (secondary N) is 2. The van der Waals surface area contributed by atoms with Crippen molar-refractivity contribution in [2.45, 2.75) is 19.0 Å². The van der Waals surface area contributed by atoms with Crippen molar-refractivity contribution >= 4 is 35.0 Å². The van der Waals surface area contributed by atoms with Crippen LogP contribution in [0.4, 0.5) is 0 Å². The smallest absolute Gasteiger partial charge is 0.236 e. The van der Waals surface area contributed by atoms with E-state index in [9.17, 15) is 14.7 Å². The highest BCUT2D eigenvalue weighted by molar-refractivity contribution is 6.30. The molecule has 7 heteroatoms. The van der Waals surface area contributed by atoms with E-state index < -0.39 is 12.1 Å². The van der Waals surface area contributed by atoms with Gasteiger partial charge in [0.1, 0.15) is 23.7 Å². The minimum Gasteiger partial charge on any atom is -0.508 e. The Bertz CT molecular complexity index is 873. The molecule has 0 bridgehead atoms. The number of aromatic hydroxyl groups is 1. The number of hydrogen-bond donors (Lipinski definition) is 3. The maximum Gasteiger partial charge on any atom is 0.236 e. The first-order valence-electron chi connectivity index (χ1n) is 8.07. The Morgan fingerprint density at radius 1 is 1.04 bits per heavy atom. The van der Waals surface area contributed by atoms with Crippen molar-refractivity contribution in [2.75, 3.05) is 5.88 Å². The molecule has 0 radical (unpaired) electrons. The van der Waals surface area contributed by atoms with Crippen LogP contribution in [0.5, 0.6) is 5.75 Å². The molecule has 0 aliphatic rings. The average Bonchev–Trinajstić information content (AvgIpc) is 2.64. The van der Waals surface area contributed by atoms with Gasteiger partial charge in [-0.05, 0) is 35.4 Å². The van der Waals surface area contributed by atoms with E-state index >= 15 is 0 Å². The number of rotatable bonds is 5. The lowest BCUT2D eigenvalue weighted by atomic mass is 10.0. The zero-order chi connectivity index (χ0) is 19.8. The molecule has 2 aromatic carbocycles. The second-order valence-electron chi connectivity index (χ2n) is 5.70. The summed E-state index contributed by atoms with van der Waals surface area (Å²) in [5, 5.41) is 15.4. The molecule has 0 fully saturated rings. The first-order valence-corrected chi connectivity index (χ1v) is 8.98. The van der Waals surface area contributed by atoms with Crippen LogP contribution in [0.3, 0.4) is 0 Å². The fourth-order valence-corrected chi connectivity index (χ4v) is 2.60. The second kappa shape index (κ2) is 9.86. The standard InChI is InChI=1S/C20H18Cl2N2O3/c1-13(25)23-18(14-5-7-17(26)8-6-14)9-10-19(24-20(27)12-21)15-3-2-4-16(22)11-15/h2-8,11,18-19,26H,12H2,1H3,(H,23,25)(H,24,27). The fourth-order valence-electron chi connectivity index (χ4n) is 2.33. The summed E-state index contributed by atoms with van der Waals surface area (Å²) < 4.78 is 0. The zero-order valence-corrected chi connectivity index (χ0v) is 16.0. The molecule has 5 nitrogen and oxygen atoms in total. The normalized spacial score (nSPS) is 12.3. The van der Waals surface area contributed by atoms with Gasteiger partial charge >= 0.3 is 0 Å². The van der Waals surface area contributed by atoms with Crippen molar-refractivity contribution < 1.29 is 14.7 Å². The van der Waals surface area contributed by atoms with Gasteiger partial charge < -0.3 is 15.7 Å². The summed E-state index contributed by atoms with van der Waals surface area (Å²) in [6.07, 6.45) is 0. The SMILES string of the molecule is CC(=O)NC(C#CC(NC(=O)CCl)c1cccc(Cl)c1)c1ccc(O)cc1. The quantitative estimate of drug-likeness (QED) is 0.528. The van der Waals surface area contributed by atoms with E-state index in [1.54, 1.807) is 36.4 Å². The van der Waals surface area contributed by atoms with Crippen LogP contribution in [0.25, 0.3) is 0 Å². The summed E-state index contributed by atoms with van der Waals surface area (Å²) in [4.78, 5) is 23.3. The van der Waals surface area contributed by atoms with Crippen molar-refractivity contribution in [3.63, 3.8) is 0 Å². The van der Waals surface area contributed by atoms with Gasteiger partial charge in [-0.25, -0.2) is 0 Å². The minimum absolute atomic E-state index is 0.111. The van der Waals surface area contributed by atoms with Crippen LogP contribution in [0, 0.1) is 11.8 Å². The second-order valence-corrected chi connectivity index (χ2v) is 6.41. The molecule has 2 unspecified atom stereocenters. The van der Waals surface area contributed by atoms with Gasteiger partial charge in [-0.15, -0.1) is 11.6 Å². The molecule has 27 heavy (non-hydrogen) atoms. The Morgan fingerprint density at radius 3 is 2.22 bits per heavy atom. The number of carbonyl (C=O) groups is 2. The van der Waals surface area contributed by atoms with Crippen LogP contribution in [-0.4, -0.2) is 22.8 Å². The number of phenolic OH excluding ortho intramolecular Hbond substituents is 1. The third kappa shape index (κ3) is 6.52. The molecule has 2 atom stereocenters. The van der Waals surface area contributed by atoms with Crippen LogP contribution in [0.1, 0.15) is 30.1 Å². The summed E-state index contributed by atoms with van der Waals surface area (Å²) in [5.74, 6) is 5.21. The summed E-state index contributed by atoms with van der Waals surface area (Å²) in [5.41, 5.74) is 1.39. The third-order valence-electron chi connectivity index (χ3n) is 3.55. The number of amides is 2. The maximum absolute atomic E-state index is 11.8. The number of benzene rings is 2. The highest BCUT2D eigenvalue weighted by atomic mass is 35.5. The van der Waals surface area contributed by atoms with Crippen molar-refractivity contribution in [1.29, 1.82) is 0 Å². The minimum atomic E-state index is -0.650. The monoisotopic (exact) mass is 404 g/mol. The molecule has 3 N–H and O–H groups in total. The molecule has 2 aromatic rings. The molecular formula is C20H18Cl2N2O3. The molecule has 0 heterocycles. The average molecular weight is 405 g/mol. The highest BCUT2D eigenvalue weighted by Crippen LogP contribution is 2.20. The Morgan fingerprint density at radius 2 is 1.67 bits per heavy atom. The lowest BCUT2D eigenvalue weighted by Gasteiger charge is -2.15. The number of phenols is 1. The number of hydrogen-bond acceptors (Lipinski definition) is 3. The summed E-state index contributed by atoms with van der Waals surface area (Å²) in [6, 6.07) is 12.0. The molecule has 0 aliphatic heterocycles. The van der Waals surface area contributed by atoms with E-state index in [0.29, 0.717) is 16.1 Å². The highest BCUT2D eigenvalue weighted by Gasteiger charge is 2.14. The largest absolute Gasteiger partial charge is 0.508 e. The van der Waals surface area contributed by atoms with Crippen molar-refractivity contribution in [3.8, 4) is 17.6 Å². The van der Waals surface area contributed by atoms with E-state index in [2.05, 4.69) is 22.5 Å². The van der Waals surface area contributed by atoms with Gasteiger partial charge in [0.25, 0.3) is 0 Å². The first-order chi connectivity index (χ1) is 12.9. The Hall–Kier alpha value is -2.68. The predicted molar refractivity (Wildman–Crippen MR) is 105 cm³/mol. The van der Waals surface area contributed by atoms with Crippen LogP contribution in [-0.2, 0) is 9.59 Å². The van der Waals surface area contributed by atoms with Gasteiger partial charge in [-0.1, -0.05) is 47.7 Å². The zero-order valence-electron chi connectivity index (χ0n) is 14.5. The van der Waals surface area contributed by atoms with Gasteiger partial charge in [0, 0.05) is 11.9 Å². The topological polar surface area (TPSA) is 78.4 Å². The van der Waals surface area contributed by atoms with Gasteiger partial charge in [0.15, 0.2) is 0 Å². The van der Waals surface area contributed by atoms with Crippen molar-refractivity contribution in [2.24, 2.45) is 0 Å². The van der Waals surface area contributed by atoms with E-state index in [-0.39, 0.29) is 23.4 Å². The third-order valence-corrected chi connectivity index (χ3v) is 4.03. The predicted octanol–water partition coefficient (Wildman–Crippen LogP) is 3.32. The molecule has 0 aliphatic carbocycles. The van der Waals surface area contributed by atoms with Crippen LogP contribution < -0.4 is 10.6 Å². The van der Waals surface area contributed by atoms with Gasteiger partial charge in [0.05, 0.1) is 0 Å². The Labute approximate surface area is 167 Å². The first kappa shape index (κ1) is 20.6. The molecule has 0 aromatic heterocycles.